The summed E-state index contributed by atoms with van der Waals surface area (Å²) in [6.45, 7) is 2.08. The highest BCUT2D eigenvalue weighted by molar-refractivity contribution is 6.33. The van der Waals surface area contributed by atoms with Crippen LogP contribution in [0.3, 0.4) is 0 Å². The second-order valence-corrected chi connectivity index (χ2v) is 3.82. The molecule has 0 amide bonds. The summed E-state index contributed by atoms with van der Waals surface area (Å²) >= 11 is 5.86. The van der Waals surface area contributed by atoms with Gasteiger partial charge in [0, 0.05) is 12.8 Å². The Morgan fingerprint density at radius 3 is 2.88 bits per heavy atom. The van der Waals surface area contributed by atoms with E-state index in [0.717, 1.165) is 0 Å². The van der Waals surface area contributed by atoms with Gasteiger partial charge in [0.2, 0.25) is 0 Å². The smallest absolute Gasteiger partial charge is 0.340 e. The summed E-state index contributed by atoms with van der Waals surface area (Å²) in [6, 6.07) is 4.68. The van der Waals surface area contributed by atoms with Crippen LogP contribution in [0.25, 0.3) is 0 Å². The van der Waals surface area contributed by atoms with Crippen molar-refractivity contribution >= 4 is 23.3 Å². The van der Waals surface area contributed by atoms with Crippen LogP contribution in [-0.2, 0) is 9.47 Å². The number of hydrogen-bond donors (Lipinski definition) is 1. The molecule has 0 spiro atoms. The molecule has 1 rings (SSSR count). The highest BCUT2D eigenvalue weighted by Crippen LogP contribution is 2.20. The molecule has 0 aliphatic rings. The maximum absolute atomic E-state index is 11.7. The van der Waals surface area contributed by atoms with E-state index in [-0.39, 0.29) is 11.7 Å². The van der Waals surface area contributed by atoms with E-state index in [1.54, 1.807) is 19.1 Å². The Kier molecular flexibility index (Phi) is 4.58. The molecule has 0 aromatic heterocycles. The molecule has 1 aromatic rings. The number of rotatable bonds is 4. The van der Waals surface area contributed by atoms with Crippen molar-refractivity contribution in [2.45, 2.75) is 13.0 Å². The molecule has 0 saturated carbocycles. The Hall–Kier alpha value is -1.26. The number of anilines is 1. The van der Waals surface area contributed by atoms with E-state index in [2.05, 4.69) is 0 Å². The highest BCUT2D eigenvalue weighted by Gasteiger charge is 2.15. The number of esters is 1. The minimum Gasteiger partial charge on any atom is -0.457 e. The van der Waals surface area contributed by atoms with Crippen LogP contribution in [0.2, 0.25) is 5.02 Å². The summed E-state index contributed by atoms with van der Waals surface area (Å²) in [7, 11) is 1.54. The third-order valence-electron chi connectivity index (χ3n) is 1.92. The van der Waals surface area contributed by atoms with Gasteiger partial charge >= 0.3 is 5.97 Å². The predicted octanol–water partition coefficient (Wildman–Crippen LogP) is 2.11. The summed E-state index contributed by atoms with van der Waals surface area (Å²) in [5.74, 6) is -0.498. The Bertz CT molecular complexity index is 381. The summed E-state index contributed by atoms with van der Waals surface area (Å²) in [5.41, 5.74) is 6.30. The Balaban J connectivity index is 2.76. The van der Waals surface area contributed by atoms with Gasteiger partial charge in [-0.15, -0.1) is 0 Å². The summed E-state index contributed by atoms with van der Waals surface area (Å²) in [5, 5.41) is 0.323. The first-order chi connectivity index (χ1) is 7.54. The standard InChI is InChI=1S/C11H14ClNO3/c1-7(6-15-2)16-11(14)9-5-8(13)3-4-10(9)12/h3-5,7H,6,13H2,1-2H3. The zero-order chi connectivity index (χ0) is 12.1. The fourth-order valence-electron chi connectivity index (χ4n) is 1.21. The molecule has 16 heavy (non-hydrogen) atoms. The number of nitrogen functional groups attached to an aromatic ring is 1. The third kappa shape index (κ3) is 3.40. The second kappa shape index (κ2) is 5.72. The Morgan fingerprint density at radius 1 is 1.56 bits per heavy atom. The first-order valence-electron chi connectivity index (χ1n) is 4.79. The van der Waals surface area contributed by atoms with Gasteiger partial charge in [0.15, 0.2) is 0 Å². The molecular formula is C11H14ClNO3. The normalized spacial score (nSPS) is 12.2. The molecule has 0 aliphatic heterocycles. The third-order valence-corrected chi connectivity index (χ3v) is 2.25. The van der Waals surface area contributed by atoms with Crippen molar-refractivity contribution in [3.8, 4) is 0 Å². The maximum Gasteiger partial charge on any atom is 0.340 e. The number of methoxy groups -OCH3 is 1. The van der Waals surface area contributed by atoms with E-state index in [4.69, 9.17) is 26.8 Å². The number of hydrogen-bond acceptors (Lipinski definition) is 4. The van der Waals surface area contributed by atoms with Crippen LogP contribution >= 0.6 is 11.6 Å². The topological polar surface area (TPSA) is 61.5 Å². The Labute approximate surface area is 99.3 Å². The molecule has 0 aliphatic carbocycles. The minimum absolute atomic E-state index is 0.268. The van der Waals surface area contributed by atoms with Crippen LogP contribution in [0.5, 0.6) is 0 Å². The lowest BCUT2D eigenvalue weighted by molar-refractivity contribution is 0.0120. The molecule has 0 radical (unpaired) electrons. The number of halogens is 1. The van der Waals surface area contributed by atoms with Gasteiger partial charge in [-0.05, 0) is 25.1 Å². The summed E-state index contributed by atoms with van der Waals surface area (Å²) in [4.78, 5) is 11.7. The van der Waals surface area contributed by atoms with Crippen LogP contribution in [0.1, 0.15) is 17.3 Å². The van der Waals surface area contributed by atoms with Crippen molar-refractivity contribution in [3.63, 3.8) is 0 Å². The molecule has 5 heteroatoms. The fourth-order valence-corrected chi connectivity index (χ4v) is 1.41. The van der Waals surface area contributed by atoms with Crippen LogP contribution in [0.4, 0.5) is 5.69 Å². The summed E-state index contributed by atoms with van der Waals surface area (Å²) in [6.07, 6.45) is -0.324. The van der Waals surface area contributed by atoms with E-state index in [1.165, 1.54) is 13.2 Å². The average Bonchev–Trinajstić information content (AvgIpc) is 2.21. The lowest BCUT2D eigenvalue weighted by Gasteiger charge is -2.12. The van der Waals surface area contributed by atoms with Crippen LogP contribution in [0.15, 0.2) is 18.2 Å². The molecule has 4 nitrogen and oxygen atoms in total. The molecule has 0 heterocycles. The zero-order valence-corrected chi connectivity index (χ0v) is 9.95. The maximum atomic E-state index is 11.7. The molecule has 1 atom stereocenters. The van der Waals surface area contributed by atoms with Gasteiger partial charge in [0.25, 0.3) is 0 Å². The van der Waals surface area contributed by atoms with Crippen molar-refractivity contribution < 1.29 is 14.3 Å². The lowest BCUT2D eigenvalue weighted by atomic mass is 10.2. The van der Waals surface area contributed by atoms with E-state index >= 15 is 0 Å². The zero-order valence-electron chi connectivity index (χ0n) is 9.20. The fraction of sp³-hybridized carbons (Fsp3) is 0.364. The molecule has 88 valence electrons. The number of benzene rings is 1. The number of ether oxygens (including phenoxy) is 2. The molecule has 1 unspecified atom stereocenters. The van der Waals surface area contributed by atoms with E-state index < -0.39 is 5.97 Å². The van der Waals surface area contributed by atoms with Gasteiger partial charge in [-0.3, -0.25) is 0 Å². The van der Waals surface area contributed by atoms with Crippen LogP contribution in [-0.4, -0.2) is 25.8 Å². The van der Waals surface area contributed by atoms with Crippen molar-refractivity contribution in [2.24, 2.45) is 0 Å². The first-order valence-corrected chi connectivity index (χ1v) is 5.17. The highest BCUT2D eigenvalue weighted by atomic mass is 35.5. The van der Waals surface area contributed by atoms with Gasteiger partial charge in [0.1, 0.15) is 6.10 Å². The largest absolute Gasteiger partial charge is 0.457 e. The van der Waals surface area contributed by atoms with Gasteiger partial charge in [-0.25, -0.2) is 4.79 Å². The van der Waals surface area contributed by atoms with E-state index in [1.807, 2.05) is 0 Å². The van der Waals surface area contributed by atoms with Gasteiger partial charge in [-0.1, -0.05) is 11.6 Å². The SMILES string of the molecule is COCC(C)OC(=O)c1cc(N)ccc1Cl. The number of carbonyl (C=O) groups excluding carboxylic acids is 1. The minimum atomic E-state index is -0.498. The number of nitrogens with two attached hydrogens (primary N) is 1. The molecule has 1 aromatic carbocycles. The van der Waals surface area contributed by atoms with Gasteiger partial charge in [0.05, 0.1) is 17.2 Å². The lowest BCUT2D eigenvalue weighted by Crippen LogP contribution is -2.20. The van der Waals surface area contributed by atoms with Crippen molar-refractivity contribution in [3.05, 3.63) is 28.8 Å². The van der Waals surface area contributed by atoms with E-state index in [0.29, 0.717) is 17.3 Å². The van der Waals surface area contributed by atoms with Crippen LogP contribution < -0.4 is 5.73 Å². The van der Waals surface area contributed by atoms with E-state index in [9.17, 15) is 4.79 Å². The summed E-state index contributed by atoms with van der Waals surface area (Å²) < 4.78 is 9.97. The molecule has 2 N–H and O–H groups in total. The van der Waals surface area contributed by atoms with Gasteiger partial charge in [-0.2, -0.15) is 0 Å². The van der Waals surface area contributed by atoms with Crippen LogP contribution in [0, 0.1) is 0 Å². The van der Waals surface area contributed by atoms with Gasteiger partial charge < -0.3 is 15.2 Å². The quantitative estimate of drug-likeness (QED) is 0.650. The average molecular weight is 244 g/mol. The molecule has 0 saturated heterocycles. The van der Waals surface area contributed by atoms with Crippen molar-refractivity contribution in [1.82, 2.24) is 0 Å². The second-order valence-electron chi connectivity index (χ2n) is 3.41. The van der Waals surface area contributed by atoms with Crippen molar-refractivity contribution in [1.29, 1.82) is 0 Å². The molecule has 0 fully saturated rings. The number of carbonyl (C=O) groups is 1. The monoisotopic (exact) mass is 243 g/mol. The first kappa shape index (κ1) is 12.8. The Morgan fingerprint density at radius 2 is 2.25 bits per heavy atom. The van der Waals surface area contributed by atoms with Crippen molar-refractivity contribution in [2.75, 3.05) is 19.5 Å². The molecule has 0 bridgehead atoms. The predicted molar refractivity (Wildman–Crippen MR) is 62.6 cm³/mol. The molecular weight excluding hydrogens is 230 g/mol.